The van der Waals surface area contributed by atoms with E-state index in [9.17, 15) is 14.9 Å². The number of nitro benzene ring substituents is 1. The second kappa shape index (κ2) is 8.07. The van der Waals surface area contributed by atoms with Crippen molar-refractivity contribution in [1.29, 1.82) is 0 Å². The number of non-ortho nitro benzene ring substituents is 1. The molecule has 1 saturated carbocycles. The molecule has 0 unspecified atom stereocenters. The number of rotatable bonds is 8. The normalized spacial score (nSPS) is 14.3. The van der Waals surface area contributed by atoms with Gasteiger partial charge in [0.05, 0.1) is 12.0 Å². The minimum absolute atomic E-state index is 0.0417. The van der Waals surface area contributed by atoms with Crippen molar-refractivity contribution in [2.24, 2.45) is 5.92 Å². The number of benzene rings is 2. The summed E-state index contributed by atoms with van der Waals surface area (Å²) in [6, 6.07) is 11.6. The number of ether oxygens (including phenoxy) is 2. The van der Waals surface area contributed by atoms with Crippen LogP contribution in [0.15, 0.2) is 42.5 Å². The SMILES string of the molecule is COc1ccc(-c2cc([N+](=O)[O-])ccc2OCC(=O)N[C@@H](C)C2CC2)cc1. The molecule has 0 heterocycles. The number of hydrogen-bond donors (Lipinski definition) is 1. The fourth-order valence-electron chi connectivity index (χ4n) is 2.91. The van der Waals surface area contributed by atoms with E-state index in [1.54, 1.807) is 31.4 Å². The Labute approximate surface area is 157 Å². The van der Waals surface area contributed by atoms with Gasteiger partial charge in [0.15, 0.2) is 6.61 Å². The smallest absolute Gasteiger partial charge is 0.270 e. The van der Waals surface area contributed by atoms with Crippen LogP contribution in [0.25, 0.3) is 11.1 Å². The van der Waals surface area contributed by atoms with Crippen molar-refractivity contribution in [2.75, 3.05) is 13.7 Å². The molecule has 1 aliphatic carbocycles. The first-order valence-corrected chi connectivity index (χ1v) is 8.83. The largest absolute Gasteiger partial charge is 0.497 e. The average molecular weight is 370 g/mol. The van der Waals surface area contributed by atoms with Gasteiger partial charge in [0.25, 0.3) is 11.6 Å². The summed E-state index contributed by atoms with van der Waals surface area (Å²) in [5.74, 6) is 1.46. The fourth-order valence-corrected chi connectivity index (χ4v) is 2.91. The Morgan fingerprint density at radius 3 is 2.56 bits per heavy atom. The van der Waals surface area contributed by atoms with Crippen LogP contribution in [0.3, 0.4) is 0 Å². The summed E-state index contributed by atoms with van der Waals surface area (Å²) in [5.41, 5.74) is 1.25. The number of nitrogens with zero attached hydrogens (tertiary/aromatic N) is 1. The zero-order valence-corrected chi connectivity index (χ0v) is 15.3. The van der Waals surface area contributed by atoms with Crippen molar-refractivity contribution in [1.82, 2.24) is 5.32 Å². The number of amides is 1. The summed E-state index contributed by atoms with van der Waals surface area (Å²) in [7, 11) is 1.57. The van der Waals surface area contributed by atoms with Gasteiger partial charge in [-0.15, -0.1) is 0 Å². The lowest BCUT2D eigenvalue weighted by atomic mass is 10.0. The number of methoxy groups -OCH3 is 1. The molecule has 2 aromatic carbocycles. The van der Waals surface area contributed by atoms with E-state index in [4.69, 9.17) is 9.47 Å². The summed E-state index contributed by atoms with van der Waals surface area (Å²) >= 11 is 0. The van der Waals surface area contributed by atoms with Gasteiger partial charge in [-0.1, -0.05) is 12.1 Å². The third kappa shape index (κ3) is 4.75. The minimum atomic E-state index is -0.458. The maximum Gasteiger partial charge on any atom is 0.270 e. The Kier molecular flexibility index (Phi) is 5.59. The first-order valence-electron chi connectivity index (χ1n) is 8.83. The van der Waals surface area contributed by atoms with Gasteiger partial charge in [-0.2, -0.15) is 0 Å². The van der Waals surface area contributed by atoms with Crippen LogP contribution in [0.5, 0.6) is 11.5 Å². The molecule has 1 atom stereocenters. The molecule has 7 nitrogen and oxygen atoms in total. The predicted molar refractivity (Wildman–Crippen MR) is 101 cm³/mol. The molecule has 0 bridgehead atoms. The second-order valence-corrected chi connectivity index (χ2v) is 6.65. The van der Waals surface area contributed by atoms with Crippen LogP contribution in [0.1, 0.15) is 19.8 Å². The first-order chi connectivity index (χ1) is 13.0. The molecule has 0 aliphatic heterocycles. The van der Waals surface area contributed by atoms with Gasteiger partial charge in [-0.05, 0) is 49.4 Å². The van der Waals surface area contributed by atoms with Crippen LogP contribution in [-0.2, 0) is 4.79 Å². The van der Waals surface area contributed by atoms with Gasteiger partial charge in [0.2, 0.25) is 0 Å². The van der Waals surface area contributed by atoms with E-state index in [1.807, 2.05) is 6.92 Å². The van der Waals surface area contributed by atoms with E-state index in [-0.39, 0.29) is 24.2 Å². The molecule has 1 N–H and O–H groups in total. The zero-order valence-electron chi connectivity index (χ0n) is 15.3. The van der Waals surface area contributed by atoms with E-state index >= 15 is 0 Å². The molecule has 1 amide bonds. The fraction of sp³-hybridized carbons (Fsp3) is 0.350. The maximum atomic E-state index is 12.1. The molecule has 0 radical (unpaired) electrons. The van der Waals surface area contributed by atoms with Crippen LogP contribution in [0.4, 0.5) is 5.69 Å². The Morgan fingerprint density at radius 1 is 1.26 bits per heavy atom. The zero-order chi connectivity index (χ0) is 19.4. The van der Waals surface area contributed by atoms with Gasteiger partial charge in [-0.25, -0.2) is 0 Å². The van der Waals surface area contributed by atoms with Crippen LogP contribution in [0, 0.1) is 16.0 Å². The second-order valence-electron chi connectivity index (χ2n) is 6.65. The molecular weight excluding hydrogens is 348 g/mol. The van der Waals surface area contributed by atoms with E-state index in [0.29, 0.717) is 23.0 Å². The third-order valence-electron chi connectivity index (χ3n) is 4.65. The van der Waals surface area contributed by atoms with Crippen molar-refractivity contribution < 1.29 is 19.2 Å². The average Bonchev–Trinajstić information content (AvgIpc) is 3.51. The van der Waals surface area contributed by atoms with Crippen molar-refractivity contribution in [3.63, 3.8) is 0 Å². The summed E-state index contributed by atoms with van der Waals surface area (Å²) in [5, 5.41) is 14.1. The topological polar surface area (TPSA) is 90.7 Å². The molecule has 3 rings (SSSR count). The predicted octanol–water partition coefficient (Wildman–Crippen LogP) is 3.56. The van der Waals surface area contributed by atoms with Gasteiger partial charge < -0.3 is 14.8 Å². The molecule has 0 aromatic heterocycles. The number of nitro groups is 1. The van der Waals surface area contributed by atoms with Gasteiger partial charge in [-0.3, -0.25) is 14.9 Å². The molecule has 27 heavy (non-hydrogen) atoms. The number of carbonyl (C=O) groups is 1. The Balaban J connectivity index is 1.78. The van der Waals surface area contributed by atoms with Gasteiger partial charge in [0.1, 0.15) is 11.5 Å². The highest BCUT2D eigenvalue weighted by Gasteiger charge is 2.29. The highest BCUT2D eigenvalue weighted by Crippen LogP contribution is 2.35. The number of nitrogens with one attached hydrogen (secondary N) is 1. The standard InChI is InChI=1S/C20H22N2O5/c1-13(14-3-4-14)21-20(23)12-27-19-10-7-16(22(24)25)11-18(19)15-5-8-17(26-2)9-6-15/h5-11,13-14H,3-4,12H2,1-2H3,(H,21,23)/t13-/m0/s1. The number of hydrogen-bond acceptors (Lipinski definition) is 5. The Morgan fingerprint density at radius 2 is 1.96 bits per heavy atom. The highest BCUT2D eigenvalue weighted by molar-refractivity contribution is 5.79. The van der Waals surface area contributed by atoms with E-state index in [2.05, 4.69) is 5.32 Å². The van der Waals surface area contributed by atoms with Crippen LogP contribution in [0.2, 0.25) is 0 Å². The highest BCUT2D eigenvalue weighted by atomic mass is 16.6. The monoisotopic (exact) mass is 370 g/mol. The van der Waals surface area contributed by atoms with Gasteiger partial charge in [0, 0.05) is 23.7 Å². The Bertz CT molecular complexity index is 831. The molecule has 1 fully saturated rings. The quantitative estimate of drug-likeness (QED) is 0.567. The van der Waals surface area contributed by atoms with Crippen molar-refractivity contribution >= 4 is 11.6 Å². The van der Waals surface area contributed by atoms with E-state index < -0.39 is 4.92 Å². The summed E-state index contributed by atoms with van der Waals surface area (Å²) in [4.78, 5) is 22.8. The van der Waals surface area contributed by atoms with E-state index in [0.717, 1.165) is 18.4 Å². The van der Waals surface area contributed by atoms with Crippen LogP contribution >= 0.6 is 0 Å². The molecular formula is C20H22N2O5. The Hall–Kier alpha value is -3.09. The van der Waals surface area contributed by atoms with Crippen LogP contribution < -0.4 is 14.8 Å². The van der Waals surface area contributed by atoms with Gasteiger partial charge >= 0.3 is 0 Å². The lowest BCUT2D eigenvalue weighted by molar-refractivity contribution is -0.384. The first kappa shape index (κ1) is 18.7. The lowest BCUT2D eigenvalue weighted by Crippen LogP contribution is -2.37. The summed E-state index contributed by atoms with van der Waals surface area (Å²) < 4.78 is 10.8. The van der Waals surface area contributed by atoms with Crippen LogP contribution in [-0.4, -0.2) is 30.6 Å². The molecule has 2 aromatic rings. The molecule has 0 spiro atoms. The molecule has 0 saturated heterocycles. The minimum Gasteiger partial charge on any atom is -0.497 e. The summed E-state index contributed by atoms with van der Waals surface area (Å²) in [6.07, 6.45) is 2.29. The molecule has 142 valence electrons. The van der Waals surface area contributed by atoms with Crippen molar-refractivity contribution in [3.05, 3.63) is 52.6 Å². The molecule has 1 aliphatic rings. The van der Waals surface area contributed by atoms with Crippen molar-refractivity contribution in [3.8, 4) is 22.6 Å². The van der Waals surface area contributed by atoms with E-state index in [1.165, 1.54) is 18.2 Å². The maximum absolute atomic E-state index is 12.1. The number of carbonyl (C=O) groups excluding carboxylic acids is 1. The molecule has 7 heteroatoms. The third-order valence-corrected chi connectivity index (χ3v) is 4.65. The van der Waals surface area contributed by atoms with Crippen molar-refractivity contribution in [2.45, 2.75) is 25.8 Å². The lowest BCUT2D eigenvalue weighted by Gasteiger charge is -2.15. The summed E-state index contributed by atoms with van der Waals surface area (Å²) in [6.45, 7) is 1.85.